The van der Waals surface area contributed by atoms with Crippen LogP contribution in [0.4, 0.5) is 0 Å². The Hall–Kier alpha value is -1.82. The van der Waals surface area contributed by atoms with Crippen molar-refractivity contribution < 1.29 is 9.53 Å². The average molecular weight is 175 g/mol. The molecule has 0 heterocycles. The molecule has 0 spiro atoms. The van der Waals surface area contributed by atoms with Gasteiger partial charge in [-0.3, -0.25) is 0 Å². The quantitative estimate of drug-likeness (QED) is 0.643. The molecule has 13 heavy (non-hydrogen) atoms. The van der Waals surface area contributed by atoms with Gasteiger partial charge in [-0.05, 0) is 25.1 Å². The SMILES string of the molecule is CCOC(=O)c1cccc(C#N)c1. The van der Waals surface area contributed by atoms with Gasteiger partial charge in [0.05, 0.1) is 23.8 Å². The first kappa shape index (κ1) is 9.27. The number of benzene rings is 1. The Morgan fingerprint density at radius 2 is 2.38 bits per heavy atom. The molecule has 1 rings (SSSR count). The zero-order valence-corrected chi connectivity index (χ0v) is 7.28. The molecule has 0 unspecified atom stereocenters. The molecule has 0 saturated heterocycles. The minimum atomic E-state index is -0.389. The summed E-state index contributed by atoms with van der Waals surface area (Å²) < 4.78 is 4.78. The van der Waals surface area contributed by atoms with E-state index >= 15 is 0 Å². The van der Waals surface area contributed by atoms with Gasteiger partial charge in [0, 0.05) is 0 Å². The number of nitriles is 1. The summed E-state index contributed by atoms with van der Waals surface area (Å²) in [7, 11) is 0. The van der Waals surface area contributed by atoms with Gasteiger partial charge in [-0.25, -0.2) is 4.79 Å². The van der Waals surface area contributed by atoms with Crippen LogP contribution in [0.15, 0.2) is 24.3 Å². The molecule has 1 aromatic carbocycles. The Bertz CT molecular complexity index is 352. The van der Waals surface area contributed by atoms with Gasteiger partial charge in [-0.1, -0.05) is 6.07 Å². The monoisotopic (exact) mass is 175 g/mol. The molecule has 0 aliphatic carbocycles. The molecule has 0 bridgehead atoms. The van der Waals surface area contributed by atoms with E-state index in [1.54, 1.807) is 25.1 Å². The summed E-state index contributed by atoms with van der Waals surface area (Å²) in [5.74, 6) is -0.389. The predicted octanol–water partition coefficient (Wildman–Crippen LogP) is 1.73. The third kappa shape index (κ3) is 2.31. The van der Waals surface area contributed by atoms with E-state index in [0.717, 1.165) is 0 Å². The number of esters is 1. The van der Waals surface area contributed by atoms with E-state index in [4.69, 9.17) is 10.00 Å². The maximum Gasteiger partial charge on any atom is 0.338 e. The van der Waals surface area contributed by atoms with Crippen LogP contribution >= 0.6 is 0 Å². The largest absolute Gasteiger partial charge is 0.462 e. The fourth-order valence-corrected chi connectivity index (χ4v) is 0.930. The number of nitrogens with zero attached hydrogens (tertiary/aromatic N) is 1. The molecule has 0 amide bonds. The van der Waals surface area contributed by atoms with Crippen LogP contribution in [0.1, 0.15) is 22.8 Å². The van der Waals surface area contributed by atoms with Crippen LogP contribution in [-0.4, -0.2) is 12.6 Å². The van der Waals surface area contributed by atoms with E-state index in [1.807, 2.05) is 6.07 Å². The van der Waals surface area contributed by atoms with Crippen LogP contribution in [0.3, 0.4) is 0 Å². The molecule has 0 fully saturated rings. The van der Waals surface area contributed by atoms with E-state index in [-0.39, 0.29) is 5.97 Å². The number of carbonyl (C=O) groups is 1. The molecule has 3 nitrogen and oxygen atoms in total. The summed E-state index contributed by atoms with van der Waals surface area (Å²) in [6.07, 6.45) is 0. The first-order valence-corrected chi connectivity index (χ1v) is 3.95. The van der Waals surface area contributed by atoms with Gasteiger partial charge in [-0.2, -0.15) is 5.26 Å². The molecule has 0 radical (unpaired) electrons. The smallest absolute Gasteiger partial charge is 0.338 e. The number of hydrogen-bond acceptors (Lipinski definition) is 3. The Morgan fingerprint density at radius 1 is 1.62 bits per heavy atom. The highest BCUT2D eigenvalue weighted by Crippen LogP contribution is 2.05. The second-order valence-electron chi connectivity index (χ2n) is 2.41. The molecule has 0 aliphatic heterocycles. The van der Waals surface area contributed by atoms with Crippen LogP contribution in [0, 0.1) is 11.3 Å². The van der Waals surface area contributed by atoms with Gasteiger partial charge in [0.25, 0.3) is 0 Å². The van der Waals surface area contributed by atoms with Crippen molar-refractivity contribution in [2.45, 2.75) is 6.92 Å². The Morgan fingerprint density at radius 3 is 3.00 bits per heavy atom. The normalized spacial score (nSPS) is 8.92. The molecule has 0 saturated carbocycles. The average Bonchev–Trinajstić information content (AvgIpc) is 2.18. The van der Waals surface area contributed by atoms with Crippen molar-refractivity contribution in [3.8, 4) is 6.07 Å². The number of rotatable bonds is 2. The zero-order chi connectivity index (χ0) is 9.68. The first-order chi connectivity index (χ1) is 6.27. The third-order valence-corrected chi connectivity index (χ3v) is 1.50. The molecular weight excluding hydrogens is 166 g/mol. The van der Waals surface area contributed by atoms with Crippen molar-refractivity contribution >= 4 is 5.97 Å². The highest BCUT2D eigenvalue weighted by Gasteiger charge is 2.05. The summed E-state index contributed by atoms with van der Waals surface area (Å²) in [4.78, 5) is 11.2. The molecule has 0 aliphatic rings. The number of hydrogen-bond donors (Lipinski definition) is 0. The summed E-state index contributed by atoms with van der Waals surface area (Å²) >= 11 is 0. The van der Waals surface area contributed by atoms with E-state index in [9.17, 15) is 4.79 Å². The molecule has 0 aromatic heterocycles. The van der Waals surface area contributed by atoms with Gasteiger partial charge in [0.2, 0.25) is 0 Å². The second kappa shape index (κ2) is 4.27. The van der Waals surface area contributed by atoms with Crippen molar-refractivity contribution in [1.29, 1.82) is 5.26 Å². The van der Waals surface area contributed by atoms with E-state index in [1.165, 1.54) is 6.07 Å². The number of carbonyl (C=O) groups excluding carboxylic acids is 1. The van der Waals surface area contributed by atoms with Crippen molar-refractivity contribution in [2.75, 3.05) is 6.61 Å². The van der Waals surface area contributed by atoms with Crippen LogP contribution in [0.2, 0.25) is 0 Å². The molecule has 1 aromatic rings. The van der Waals surface area contributed by atoms with Gasteiger partial charge in [0.1, 0.15) is 0 Å². The maximum atomic E-state index is 11.2. The Labute approximate surface area is 76.6 Å². The second-order valence-corrected chi connectivity index (χ2v) is 2.41. The summed E-state index contributed by atoms with van der Waals surface area (Å²) in [5, 5.41) is 8.57. The van der Waals surface area contributed by atoms with E-state index in [2.05, 4.69) is 0 Å². The minimum absolute atomic E-state index is 0.343. The third-order valence-electron chi connectivity index (χ3n) is 1.50. The number of ether oxygens (including phenoxy) is 1. The molecular formula is C10H9NO2. The highest BCUT2D eigenvalue weighted by atomic mass is 16.5. The van der Waals surface area contributed by atoms with E-state index in [0.29, 0.717) is 17.7 Å². The Kier molecular flexibility index (Phi) is 3.04. The molecule has 66 valence electrons. The van der Waals surface area contributed by atoms with Crippen molar-refractivity contribution in [1.82, 2.24) is 0 Å². The summed E-state index contributed by atoms with van der Waals surface area (Å²) in [6, 6.07) is 8.39. The lowest BCUT2D eigenvalue weighted by Gasteiger charge is -2.00. The lowest BCUT2D eigenvalue weighted by atomic mass is 10.1. The van der Waals surface area contributed by atoms with Crippen molar-refractivity contribution in [3.63, 3.8) is 0 Å². The van der Waals surface area contributed by atoms with Gasteiger partial charge < -0.3 is 4.74 Å². The van der Waals surface area contributed by atoms with Gasteiger partial charge in [-0.15, -0.1) is 0 Å². The Balaban J connectivity index is 2.90. The minimum Gasteiger partial charge on any atom is -0.462 e. The lowest BCUT2D eigenvalue weighted by molar-refractivity contribution is 0.0526. The lowest BCUT2D eigenvalue weighted by Crippen LogP contribution is -2.04. The van der Waals surface area contributed by atoms with Gasteiger partial charge >= 0.3 is 5.97 Å². The standard InChI is InChI=1S/C10H9NO2/c1-2-13-10(12)9-5-3-4-8(6-9)7-11/h3-6H,2H2,1H3. The van der Waals surface area contributed by atoms with Crippen LogP contribution < -0.4 is 0 Å². The van der Waals surface area contributed by atoms with E-state index < -0.39 is 0 Å². The molecule has 0 N–H and O–H groups in total. The summed E-state index contributed by atoms with van der Waals surface area (Å²) in [6.45, 7) is 2.08. The molecule has 0 atom stereocenters. The maximum absolute atomic E-state index is 11.2. The van der Waals surface area contributed by atoms with Crippen LogP contribution in [-0.2, 0) is 4.74 Å². The van der Waals surface area contributed by atoms with Crippen LogP contribution in [0.5, 0.6) is 0 Å². The van der Waals surface area contributed by atoms with Gasteiger partial charge in [0.15, 0.2) is 0 Å². The van der Waals surface area contributed by atoms with Crippen molar-refractivity contribution in [2.24, 2.45) is 0 Å². The fourth-order valence-electron chi connectivity index (χ4n) is 0.930. The first-order valence-electron chi connectivity index (χ1n) is 3.95. The fraction of sp³-hybridized carbons (Fsp3) is 0.200. The topological polar surface area (TPSA) is 50.1 Å². The molecule has 3 heteroatoms. The highest BCUT2D eigenvalue weighted by molar-refractivity contribution is 5.89. The zero-order valence-electron chi connectivity index (χ0n) is 7.28. The predicted molar refractivity (Wildman–Crippen MR) is 47.1 cm³/mol. The van der Waals surface area contributed by atoms with Crippen molar-refractivity contribution in [3.05, 3.63) is 35.4 Å². The summed E-state index contributed by atoms with van der Waals surface area (Å²) in [5.41, 5.74) is 0.881. The van der Waals surface area contributed by atoms with Crippen LogP contribution in [0.25, 0.3) is 0 Å².